The van der Waals surface area contributed by atoms with Gasteiger partial charge in [-0.15, -0.1) is 0 Å². The van der Waals surface area contributed by atoms with E-state index in [0.717, 1.165) is 25.4 Å². The van der Waals surface area contributed by atoms with Crippen molar-refractivity contribution in [3.8, 4) is 0 Å². The first kappa shape index (κ1) is 14.9. The van der Waals surface area contributed by atoms with Crippen LogP contribution in [-0.4, -0.2) is 49.3 Å². The Labute approximate surface area is 107 Å². The van der Waals surface area contributed by atoms with Gasteiger partial charge in [0.15, 0.2) is 0 Å². The molecule has 0 aromatic carbocycles. The van der Waals surface area contributed by atoms with E-state index in [1.165, 1.54) is 25.9 Å². The van der Waals surface area contributed by atoms with Crippen LogP contribution >= 0.6 is 0 Å². The van der Waals surface area contributed by atoms with Crippen LogP contribution in [0.15, 0.2) is 0 Å². The number of nitrogens with one attached hydrogen (secondary N) is 1. The highest BCUT2D eigenvalue weighted by Crippen LogP contribution is 2.20. The minimum atomic E-state index is -0.212. The van der Waals surface area contributed by atoms with Crippen LogP contribution in [0.2, 0.25) is 0 Å². The number of likely N-dealkylation sites (tertiary alicyclic amines) is 1. The summed E-state index contributed by atoms with van der Waals surface area (Å²) in [5.41, 5.74) is 0.214. The number of aliphatic hydroxyl groups is 1. The fourth-order valence-electron chi connectivity index (χ4n) is 2.67. The van der Waals surface area contributed by atoms with Gasteiger partial charge in [0.25, 0.3) is 0 Å². The molecule has 17 heavy (non-hydrogen) atoms. The first-order chi connectivity index (χ1) is 7.87. The van der Waals surface area contributed by atoms with Gasteiger partial charge in [0, 0.05) is 13.1 Å². The molecule has 0 radical (unpaired) electrons. The summed E-state index contributed by atoms with van der Waals surface area (Å²) in [6.45, 7) is 10.7. The summed E-state index contributed by atoms with van der Waals surface area (Å²) in [7, 11) is 2.20. The summed E-state index contributed by atoms with van der Waals surface area (Å²) < 4.78 is 0. The van der Waals surface area contributed by atoms with Crippen LogP contribution in [0.4, 0.5) is 0 Å². The van der Waals surface area contributed by atoms with Gasteiger partial charge in [0.2, 0.25) is 0 Å². The Kier molecular flexibility index (Phi) is 5.90. The number of rotatable bonds is 5. The molecule has 1 saturated heterocycles. The maximum Gasteiger partial charge on any atom is 0.0669 e. The molecule has 3 heteroatoms. The van der Waals surface area contributed by atoms with Gasteiger partial charge in [0.1, 0.15) is 0 Å². The van der Waals surface area contributed by atoms with E-state index in [4.69, 9.17) is 0 Å². The van der Waals surface area contributed by atoms with Crippen LogP contribution in [0, 0.1) is 11.3 Å². The van der Waals surface area contributed by atoms with Crippen molar-refractivity contribution >= 4 is 0 Å². The van der Waals surface area contributed by atoms with E-state index in [9.17, 15) is 5.11 Å². The van der Waals surface area contributed by atoms with Gasteiger partial charge >= 0.3 is 0 Å². The van der Waals surface area contributed by atoms with E-state index in [0.29, 0.717) is 0 Å². The Hall–Kier alpha value is -0.120. The SMILES string of the molecule is CN1CCCC(CNCC(O)CC(C)(C)C)C1. The summed E-state index contributed by atoms with van der Waals surface area (Å²) in [5, 5.41) is 13.3. The third-order valence-electron chi connectivity index (χ3n) is 3.38. The molecular weight excluding hydrogens is 212 g/mol. The first-order valence-electron chi connectivity index (χ1n) is 6.94. The number of aliphatic hydroxyl groups excluding tert-OH is 1. The topological polar surface area (TPSA) is 35.5 Å². The second kappa shape index (κ2) is 6.72. The van der Waals surface area contributed by atoms with Gasteiger partial charge < -0.3 is 15.3 Å². The smallest absolute Gasteiger partial charge is 0.0669 e. The second-order valence-electron chi connectivity index (χ2n) is 6.85. The summed E-state index contributed by atoms with van der Waals surface area (Å²) in [4.78, 5) is 2.40. The Morgan fingerprint density at radius 2 is 2.12 bits per heavy atom. The summed E-state index contributed by atoms with van der Waals surface area (Å²) in [6, 6.07) is 0. The van der Waals surface area contributed by atoms with Crippen molar-refractivity contribution in [3.05, 3.63) is 0 Å². The number of hydrogen-bond acceptors (Lipinski definition) is 3. The van der Waals surface area contributed by atoms with Crippen LogP contribution in [0.1, 0.15) is 40.0 Å². The number of piperidine rings is 1. The van der Waals surface area contributed by atoms with Crippen molar-refractivity contribution < 1.29 is 5.11 Å². The highest BCUT2D eigenvalue weighted by Gasteiger charge is 2.19. The minimum absolute atomic E-state index is 0.212. The van der Waals surface area contributed by atoms with Crippen LogP contribution in [0.5, 0.6) is 0 Å². The first-order valence-corrected chi connectivity index (χ1v) is 6.94. The Morgan fingerprint density at radius 3 is 2.71 bits per heavy atom. The maximum atomic E-state index is 9.89. The molecule has 1 heterocycles. The lowest BCUT2D eigenvalue weighted by molar-refractivity contribution is 0.116. The van der Waals surface area contributed by atoms with Gasteiger partial charge in [0.05, 0.1) is 6.10 Å². The van der Waals surface area contributed by atoms with Crippen molar-refractivity contribution in [1.29, 1.82) is 0 Å². The molecule has 1 fully saturated rings. The third-order valence-corrected chi connectivity index (χ3v) is 3.38. The minimum Gasteiger partial charge on any atom is -0.392 e. The predicted octanol–water partition coefficient (Wildman–Crippen LogP) is 1.71. The van der Waals surface area contributed by atoms with E-state index in [1.807, 2.05) is 0 Å². The largest absolute Gasteiger partial charge is 0.392 e. The molecule has 0 saturated carbocycles. The van der Waals surface area contributed by atoms with Gasteiger partial charge in [-0.1, -0.05) is 20.8 Å². The van der Waals surface area contributed by atoms with Crippen LogP contribution in [0.3, 0.4) is 0 Å². The van der Waals surface area contributed by atoms with Gasteiger partial charge in [-0.25, -0.2) is 0 Å². The van der Waals surface area contributed by atoms with E-state index in [1.54, 1.807) is 0 Å². The molecule has 3 nitrogen and oxygen atoms in total. The van der Waals surface area contributed by atoms with E-state index in [2.05, 4.69) is 38.0 Å². The lowest BCUT2D eigenvalue weighted by atomic mass is 9.89. The van der Waals surface area contributed by atoms with Crippen LogP contribution in [0.25, 0.3) is 0 Å². The Morgan fingerprint density at radius 1 is 1.41 bits per heavy atom. The summed E-state index contributed by atoms with van der Waals surface area (Å²) in [6.07, 6.45) is 3.29. The molecule has 2 N–H and O–H groups in total. The summed E-state index contributed by atoms with van der Waals surface area (Å²) in [5.74, 6) is 0.760. The van der Waals surface area contributed by atoms with Crippen molar-refractivity contribution in [2.24, 2.45) is 11.3 Å². The number of hydrogen-bond donors (Lipinski definition) is 2. The van der Waals surface area contributed by atoms with Crippen LogP contribution < -0.4 is 5.32 Å². The molecule has 0 spiro atoms. The highest BCUT2D eigenvalue weighted by atomic mass is 16.3. The predicted molar refractivity (Wildman–Crippen MR) is 73.2 cm³/mol. The monoisotopic (exact) mass is 242 g/mol. The lowest BCUT2D eigenvalue weighted by Crippen LogP contribution is -2.39. The molecule has 1 aliphatic rings. The molecule has 2 unspecified atom stereocenters. The molecule has 0 aromatic rings. The zero-order valence-electron chi connectivity index (χ0n) is 12.0. The van der Waals surface area contributed by atoms with Crippen molar-refractivity contribution in [1.82, 2.24) is 10.2 Å². The Bertz CT molecular complexity index is 213. The fourth-order valence-corrected chi connectivity index (χ4v) is 2.67. The van der Waals surface area contributed by atoms with Crippen molar-refractivity contribution in [2.45, 2.75) is 46.1 Å². The van der Waals surface area contributed by atoms with E-state index in [-0.39, 0.29) is 11.5 Å². The second-order valence-corrected chi connectivity index (χ2v) is 6.85. The zero-order valence-corrected chi connectivity index (χ0v) is 12.0. The third kappa shape index (κ3) is 7.02. The molecular formula is C14H30N2O. The molecule has 1 rings (SSSR count). The fraction of sp³-hybridized carbons (Fsp3) is 1.00. The van der Waals surface area contributed by atoms with Crippen LogP contribution in [-0.2, 0) is 0 Å². The average Bonchev–Trinajstić information content (AvgIpc) is 2.14. The molecule has 0 amide bonds. The normalized spacial score (nSPS) is 24.9. The zero-order chi connectivity index (χ0) is 12.9. The molecule has 1 aliphatic heterocycles. The number of nitrogens with zero attached hydrogens (tertiary/aromatic N) is 1. The molecule has 0 bridgehead atoms. The average molecular weight is 242 g/mol. The molecule has 102 valence electrons. The van der Waals surface area contributed by atoms with Gasteiger partial charge in [-0.05, 0) is 50.7 Å². The molecule has 0 aliphatic carbocycles. The standard InChI is InChI=1S/C14H30N2O/c1-14(2,3)8-13(17)10-15-9-12-6-5-7-16(4)11-12/h12-13,15,17H,5-11H2,1-4H3. The molecule has 0 aromatic heterocycles. The lowest BCUT2D eigenvalue weighted by Gasteiger charge is -2.30. The quantitative estimate of drug-likeness (QED) is 0.770. The summed E-state index contributed by atoms with van der Waals surface area (Å²) >= 11 is 0. The van der Waals surface area contributed by atoms with Gasteiger partial charge in [-0.3, -0.25) is 0 Å². The van der Waals surface area contributed by atoms with E-state index >= 15 is 0 Å². The van der Waals surface area contributed by atoms with Gasteiger partial charge in [-0.2, -0.15) is 0 Å². The maximum absolute atomic E-state index is 9.89. The van der Waals surface area contributed by atoms with Crippen molar-refractivity contribution in [2.75, 3.05) is 33.2 Å². The van der Waals surface area contributed by atoms with E-state index < -0.39 is 0 Å². The van der Waals surface area contributed by atoms with Crippen molar-refractivity contribution in [3.63, 3.8) is 0 Å². The molecule has 2 atom stereocenters. The highest BCUT2D eigenvalue weighted by molar-refractivity contribution is 4.74. The Balaban J connectivity index is 2.10.